The molecule has 2 rings (SSSR count). The summed E-state index contributed by atoms with van der Waals surface area (Å²) in [5.41, 5.74) is 0.834. The first-order valence-corrected chi connectivity index (χ1v) is 7.53. The van der Waals surface area contributed by atoms with E-state index in [-0.39, 0.29) is 5.60 Å². The summed E-state index contributed by atoms with van der Waals surface area (Å²) < 4.78 is 6.96. The van der Waals surface area contributed by atoms with Crippen LogP contribution in [0.15, 0.2) is 28.7 Å². The molecule has 1 aromatic carbocycles. The minimum absolute atomic E-state index is 0.315. The number of ether oxygens (including phenoxy) is 1. The van der Waals surface area contributed by atoms with Crippen molar-refractivity contribution in [2.75, 3.05) is 6.61 Å². The van der Waals surface area contributed by atoms with Crippen LogP contribution in [0.3, 0.4) is 0 Å². The van der Waals surface area contributed by atoms with Gasteiger partial charge in [0.2, 0.25) is 0 Å². The molecule has 0 saturated heterocycles. The van der Waals surface area contributed by atoms with E-state index in [1.54, 1.807) is 0 Å². The third-order valence-electron chi connectivity index (χ3n) is 3.86. The zero-order valence-corrected chi connectivity index (χ0v) is 12.4. The summed E-state index contributed by atoms with van der Waals surface area (Å²) in [6, 6.07) is 8.08. The van der Waals surface area contributed by atoms with Crippen molar-refractivity contribution in [2.45, 2.75) is 50.7 Å². The Morgan fingerprint density at radius 1 is 1.33 bits per heavy atom. The zero-order chi connectivity index (χ0) is 13.0. The number of rotatable bonds is 5. The molecule has 3 heteroatoms. The number of hydrogen-bond donors (Lipinski definition) is 1. The number of hydrogen-bond acceptors (Lipinski definition) is 2. The first-order chi connectivity index (χ1) is 8.68. The predicted molar refractivity (Wildman–Crippen MR) is 76.7 cm³/mol. The van der Waals surface area contributed by atoms with E-state index in [2.05, 4.69) is 22.0 Å². The fourth-order valence-corrected chi connectivity index (χ4v) is 3.34. The average molecular weight is 313 g/mol. The second-order valence-corrected chi connectivity index (χ2v) is 5.87. The van der Waals surface area contributed by atoms with Gasteiger partial charge in [0, 0.05) is 17.5 Å². The Balaban J connectivity index is 2.10. The summed E-state index contributed by atoms with van der Waals surface area (Å²) in [5.74, 6) is 0. The van der Waals surface area contributed by atoms with Crippen LogP contribution in [0.4, 0.5) is 0 Å². The number of halogens is 1. The maximum atomic E-state index is 10.6. The van der Waals surface area contributed by atoms with Gasteiger partial charge in [-0.2, -0.15) is 0 Å². The average Bonchev–Trinajstić information content (AvgIpc) is 2.82. The standard InChI is InChI=1S/C15H21BrO2/c1-2-18-15(9-5-6-10-15)14(17)11-12-7-3-4-8-13(12)16/h3-4,7-8,14,17H,2,5-6,9-11H2,1H3. The van der Waals surface area contributed by atoms with E-state index in [1.165, 1.54) is 0 Å². The van der Waals surface area contributed by atoms with E-state index < -0.39 is 6.10 Å². The van der Waals surface area contributed by atoms with Crippen molar-refractivity contribution in [3.8, 4) is 0 Å². The van der Waals surface area contributed by atoms with Crippen LogP contribution in [0.25, 0.3) is 0 Å². The molecule has 0 spiro atoms. The highest BCUT2D eigenvalue weighted by Gasteiger charge is 2.41. The second kappa shape index (κ2) is 6.18. The topological polar surface area (TPSA) is 29.5 Å². The van der Waals surface area contributed by atoms with Crippen LogP contribution in [-0.4, -0.2) is 23.4 Å². The summed E-state index contributed by atoms with van der Waals surface area (Å²) in [4.78, 5) is 0. The van der Waals surface area contributed by atoms with E-state index in [0.29, 0.717) is 13.0 Å². The van der Waals surface area contributed by atoms with Crippen LogP contribution >= 0.6 is 15.9 Å². The molecule has 1 saturated carbocycles. The molecule has 1 aliphatic rings. The van der Waals surface area contributed by atoms with Crippen LogP contribution < -0.4 is 0 Å². The van der Waals surface area contributed by atoms with E-state index in [4.69, 9.17) is 4.74 Å². The summed E-state index contributed by atoms with van der Waals surface area (Å²) in [6.45, 7) is 2.68. The molecule has 1 aromatic rings. The Morgan fingerprint density at radius 3 is 2.61 bits per heavy atom. The monoisotopic (exact) mass is 312 g/mol. The molecule has 0 amide bonds. The summed E-state index contributed by atoms with van der Waals surface area (Å²) in [5, 5.41) is 10.6. The van der Waals surface area contributed by atoms with Crippen molar-refractivity contribution < 1.29 is 9.84 Å². The maximum absolute atomic E-state index is 10.6. The molecule has 1 aliphatic carbocycles. The Hall–Kier alpha value is -0.380. The molecule has 0 bridgehead atoms. The minimum Gasteiger partial charge on any atom is -0.390 e. The van der Waals surface area contributed by atoms with Gasteiger partial charge in [-0.25, -0.2) is 0 Å². The van der Waals surface area contributed by atoms with Crippen molar-refractivity contribution in [2.24, 2.45) is 0 Å². The Bertz CT molecular complexity index is 386. The molecule has 0 heterocycles. The van der Waals surface area contributed by atoms with Crippen molar-refractivity contribution in [1.82, 2.24) is 0 Å². The minimum atomic E-state index is -0.418. The molecule has 1 atom stereocenters. The molecule has 1 fully saturated rings. The van der Waals surface area contributed by atoms with Gasteiger partial charge in [-0.3, -0.25) is 0 Å². The van der Waals surface area contributed by atoms with Gasteiger partial charge in [0.1, 0.15) is 0 Å². The van der Waals surface area contributed by atoms with Crippen LogP contribution in [0.1, 0.15) is 38.2 Å². The number of aliphatic hydroxyl groups excluding tert-OH is 1. The Labute approximate surface area is 117 Å². The smallest absolute Gasteiger partial charge is 0.0943 e. The highest BCUT2D eigenvalue weighted by molar-refractivity contribution is 9.10. The molecule has 100 valence electrons. The zero-order valence-electron chi connectivity index (χ0n) is 10.9. The molecular weight excluding hydrogens is 292 g/mol. The van der Waals surface area contributed by atoms with Gasteiger partial charge in [-0.05, 0) is 31.4 Å². The molecule has 2 nitrogen and oxygen atoms in total. The molecule has 0 aliphatic heterocycles. The van der Waals surface area contributed by atoms with Gasteiger partial charge < -0.3 is 9.84 Å². The molecular formula is C15H21BrO2. The fraction of sp³-hybridized carbons (Fsp3) is 0.600. The van der Waals surface area contributed by atoms with E-state index in [0.717, 1.165) is 35.7 Å². The largest absolute Gasteiger partial charge is 0.390 e. The Morgan fingerprint density at radius 2 is 2.00 bits per heavy atom. The number of aliphatic hydroxyl groups is 1. The van der Waals surface area contributed by atoms with Crippen LogP contribution in [0.5, 0.6) is 0 Å². The lowest BCUT2D eigenvalue weighted by molar-refractivity contribution is -0.115. The first kappa shape index (κ1) is 14.0. The van der Waals surface area contributed by atoms with Gasteiger partial charge in [0.15, 0.2) is 0 Å². The SMILES string of the molecule is CCOC1(C(O)Cc2ccccc2Br)CCCC1. The second-order valence-electron chi connectivity index (χ2n) is 5.02. The van der Waals surface area contributed by atoms with Crippen LogP contribution in [-0.2, 0) is 11.2 Å². The summed E-state index contributed by atoms with van der Waals surface area (Å²) in [6.07, 6.45) is 4.51. The van der Waals surface area contributed by atoms with Crippen molar-refractivity contribution >= 4 is 15.9 Å². The lowest BCUT2D eigenvalue weighted by Gasteiger charge is -2.34. The third kappa shape index (κ3) is 2.95. The van der Waals surface area contributed by atoms with Crippen molar-refractivity contribution in [3.63, 3.8) is 0 Å². The fourth-order valence-electron chi connectivity index (χ4n) is 2.89. The molecule has 18 heavy (non-hydrogen) atoms. The maximum Gasteiger partial charge on any atom is 0.0943 e. The lowest BCUT2D eigenvalue weighted by atomic mass is 9.89. The van der Waals surface area contributed by atoms with Crippen molar-refractivity contribution in [3.05, 3.63) is 34.3 Å². The molecule has 0 radical (unpaired) electrons. The van der Waals surface area contributed by atoms with E-state index >= 15 is 0 Å². The summed E-state index contributed by atoms with van der Waals surface area (Å²) >= 11 is 3.54. The highest BCUT2D eigenvalue weighted by Crippen LogP contribution is 2.37. The molecule has 0 aromatic heterocycles. The summed E-state index contributed by atoms with van der Waals surface area (Å²) in [7, 11) is 0. The normalized spacial score (nSPS) is 19.9. The highest BCUT2D eigenvalue weighted by atomic mass is 79.9. The van der Waals surface area contributed by atoms with Crippen LogP contribution in [0.2, 0.25) is 0 Å². The molecule has 1 N–H and O–H groups in total. The quantitative estimate of drug-likeness (QED) is 0.898. The van der Waals surface area contributed by atoms with Gasteiger partial charge in [-0.1, -0.05) is 47.0 Å². The van der Waals surface area contributed by atoms with Crippen LogP contribution in [0, 0.1) is 0 Å². The lowest BCUT2D eigenvalue weighted by Crippen LogP contribution is -2.43. The van der Waals surface area contributed by atoms with E-state index in [1.807, 2.05) is 25.1 Å². The van der Waals surface area contributed by atoms with Gasteiger partial charge in [-0.15, -0.1) is 0 Å². The number of benzene rings is 1. The molecule has 1 unspecified atom stereocenters. The third-order valence-corrected chi connectivity index (χ3v) is 4.63. The predicted octanol–water partition coefficient (Wildman–Crippen LogP) is 3.70. The first-order valence-electron chi connectivity index (χ1n) is 6.73. The van der Waals surface area contributed by atoms with Gasteiger partial charge in [0.25, 0.3) is 0 Å². The van der Waals surface area contributed by atoms with E-state index in [9.17, 15) is 5.11 Å². The Kier molecular flexibility index (Phi) is 4.82. The van der Waals surface area contributed by atoms with Gasteiger partial charge >= 0.3 is 0 Å². The van der Waals surface area contributed by atoms with Crippen molar-refractivity contribution in [1.29, 1.82) is 0 Å². The van der Waals surface area contributed by atoms with Gasteiger partial charge in [0.05, 0.1) is 11.7 Å².